The predicted molar refractivity (Wildman–Crippen MR) is 103 cm³/mol. The first-order valence-electron chi connectivity index (χ1n) is 9.25. The smallest absolute Gasteiger partial charge is 0.224 e. The van der Waals surface area contributed by atoms with Crippen LogP contribution >= 0.6 is 0 Å². The zero-order valence-electron chi connectivity index (χ0n) is 15.1. The number of fused-ring (bicyclic) bond motifs is 1. The third-order valence-electron chi connectivity index (χ3n) is 5.67. The van der Waals surface area contributed by atoms with E-state index < -0.39 is 0 Å². The standard InChI is InChI=1S/C22H23N3O/c1-14-21(24-18-11-7-16(13-23)8-12-18)19-5-3-4-6-20(19)25(15(2)26)22(14)17-9-10-17/h3-8,11-12,14,17,21-22,24H,9-10H2,1-2H3/t14-,21-,22-/m1/s1. The van der Waals surface area contributed by atoms with Crippen LogP contribution in [0.15, 0.2) is 48.5 Å². The molecule has 1 amide bonds. The number of carbonyl (C=O) groups excluding carboxylic acids is 1. The van der Waals surface area contributed by atoms with E-state index in [9.17, 15) is 4.79 Å². The Morgan fingerprint density at radius 3 is 2.46 bits per heavy atom. The summed E-state index contributed by atoms with van der Waals surface area (Å²) < 4.78 is 0. The first-order chi connectivity index (χ1) is 12.6. The van der Waals surface area contributed by atoms with E-state index in [0.717, 1.165) is 16.9 Å². The van der Waals surface area contributed by atoms with E-state index in [-0.39, 0.29) is 18.0 Å². The highest BCUT2D eigenvalue weighted by molar-refractivity contribution is 5.94. The molecule has 2 aromatic rings. The fraction of sp³-hybridized carbons (Fsp3) is 0.364. The largest absolute Gasteiger partial charge is 0.378 e. The summed E-state index contributed by atoms with van der Waals surface area (Å²) in [6, 6.07) is 18.3. The summed E-state index contributed by atoms with van der Waals surface area (Å²) in [6.07, 6.45) is 2.40. The summed E-state index contributed by atoms with van der Waals surface area (Å²) in [5.41, 5.74) is 3.85. The molecule has 4 heteroatoms. The topological polar surface area (TPSA) is 56.1 Å². The molecule has 1 saturated carbocycles. The second-order valence-electron chi connectivity index (χ2n) is 7.45. The van der Waals surface area contributed by atoms with Crippen LogP contribution < -0.4 is 10.2 Å². The third-order valence-corrected chi connectivity index (χ3v) is 5.67. The summed E-state index contributed by atoms with van der Waals surface area (Å²) in [4.78, 5) is 14.5. The van der Waals surface area contributed by atoms with Crippen LogP contribution in [0, 0.1) is 23.2 Å². The monoisotopic (exact) mass is 345 g/mol. The van der Waals surface area contributed by atoms with Crippen molar-refractivity contribution in [2.75, 3.05) is 10.2 Å². The third kappa shape index (κ3) is 2.84. The van der Waals surface area contributed by atoms with Gasteiger partial charge in [-0.3, -0.25) is 4.79 Å². The van der Waals surface area contributed by atoms with E-state index in [1.165, 1.54) is 12.8 Å². The SMILES string of the molecule is CC(=O)N1c2ccccc2[C@H](Nc2ccc(C#N)cc2)[C@@H](C)[C@@H]1C1CC1. The molecule has 0 spiro atoms. The number of anilines is 2. The van der Waals surface area contributed by atoms with Crippen molar-refractivity contribution in [2.45, 2.75) is 38.8 Å². The van der Waals surface area contributed by atoms with Crippen LogP contribution in [0.25, 0.3) is 0 Å². The first kappa shape index (κ1) is 16.7. The summed E-state index contributed by atoms with van der Waals surface area (Å²) in [7, 11) is 0. The van der Waals surface area contributed by atoms with Gasteiger partial charge in [-0.25, -0.2) is 0 Å². The number of nitrogens with zero attached hydrogens (tertiary/aromatic N) is 2. The average molecular weight is 345 g/mol. The number of benzene rings is 2. The lowest BCUT2D eigenvalue weighted by molar-refractivity contribution is -0.117. The lowest BCUT2D eigenvalue weighted by Crippen LogP contribution is -2.51. The van der Waals surface area contributed by atoms with E-state index in [1.807, 2.05) is 41.3 Å². The Hall–Kier alpha value is -2.80. The van der Waals surface area contributed by atoms with E-state index in [2.05, 4.69) is 30.4 Å². The van der Waals surface area contributed by atoms with Gasteiger partial charge in [0.25, 0.3) is 0 Å². The Morgan fingerprint density at radius 2 is 1.85 bits per heavy atom. The van der Waals surface area contributed by atoms with Crippen LogP contribution in [0.1, 0.15) is 43.9 Å². The molecule has 0 bridgehead atoms. The number of nitriles is 1. The maximum atomic E-state index is 12.5. The molecule has 1 heterocycles. The van der Waals surface area contributed by atoms with Crippen LogP contribution in [-0.4, -0.2) is 11.9 Å². The molecule has 132 valence electrons. The van der Waals surface area contributed by atoms with Gasteiger partial charge in [-0.15, -0.1) is 0 Å². The molecule has 0 aromatic heterocycles. The van der Waals surface area contributed by atoms with Gasteiger partial charge in [0.15, 0.2) is 0 Å². The highest BCUT2D eigenvalue weighted by Crippen LogP contribution is 2.49. The Balaban J connectivity index is 1.74. The molecule has 2 aromatic carbocycles. The molecule has 0 unspecified atom stereocenters. The van der Waals surface area contributed by atoms with Gasteiger partial charge >= 0.3 is 0 Å². The minimum atomic E-state index is 0.123. The van der Waals surface area contributed by atoms with E-state index in [1.54, 1.807) is 6.92 Å². The van der Waals surface area contributed by atoms with Crippen molar-refractivity contribution in [3.63, 3.8) is 0 Å². The van der Waals surface area contributed by atoms with Gasteiger partial charge in [0.1, 0.15) is 0 Å². The Labute approximate surface area is 154 Å². The van der Waals surface area contributed by atoms with Crippen molar-refractivity contribution in [1.82, 2.24) is 0 Å². The maximum absolute atomic E-state index is 12.5. The highest BCUT2D eigenvalue weighted by Gasteiger charge is 2.47. The van der Waals surface area contributed by atoms with Crippen molar-refractivity contribution in [3.8, 4) is 6.07 Å². The van der Waals surface area contributed by atoms with E-state index >= 15 is 0 Å². The predicted octanol–water partition coefficient (Wildman–Crippen LogP) is 4.49. The zero-order chi connectivity index (χ0) is 18.3. The number of rotatable bonds is 3. The number of carbonyl (C=O) groups is 1. The van der Waals surface area contributed by atoms with Crippen LogP contribution in [0.2, 0.25) is 0 Å². The molecular formula is C22H23N3O. The molecule has 4 rings (SSSR count). The quantitative estimate of drug-likeness (QED) is 0.891. The summed E-state index contributed by atoms with van der Waals surface area (Å²) >= 11 is 0. The van der Waals surface area contributed by atoms with E-state index in [4.69, 9.17) is 5.26 Å². The van der Waals surface area contributed by atoms with Crippen molar-refractivity contribution in [2.24, 2.45) is 11.8 Å². The zero-order valence-corrected chi connectivity index (χ0v) is 15.1. The molecule has 4 nitrogen and oxygen atoms in total. The second-order valence-corrected chi connectivity index (χ2v) is 7.45. The fourth-order valence-corrected chi connectivity index (χ4v) is 4.33. The molecule has 1 N–H and O–H groups in total. The van der Waals surface area contributed by atoms with Crippen molar-refractivity contribution in [3.05, 3.63) is 59.7 Å². The van der Waals surface area contributed by atoms with Gasteiger partial charge in [-0.1, -0.05) is 25.1 Å². The summed E-state index contributed by atoms with van der Waals surface area (Å²) in [5, 5.41) is 12.7. The number of para-hydroxylation sites is 1. The Kier molecular flexibility index (Phi) is 4.16. The van der Waals surface area contributed by atoms with Gasteiger partial charge in [-0.05, 0) is 54.7 Å². The minimum absolute atomic E-state index is 0.123. The molecule has 3 atom stereocenters. The summed E-state index contributed by atoms with van der Waals surface area (Å²) in [6.45, 7) is 3.92. The van der Waals surface area contributed by atoms with Crippen molar-refractivity contribution < 1.29 is 4.79 Å². The lowest BCUT2D eigenvalue weighted by atomic mass is 9.80. The maximum Gasteiger partial charge on any atom is 0.224 e. The Bertz CT molecular complexity index is 864. The van der Waals surface area contributed by atoms with Crippen LogP contribution in [0.4, 0.5) is 11.4 Å². The second kappa shape index (κ2) is 6.49. The van der Waals surface area contributed by atoms with Gasteiger partial charge in [0.05, 0.1) is 17.7 Å². The molecule has 1 aliphatic heterocycles. The van der Waals surface area contributed by atoms with Gasteiger partial charge in [0.2, 0.25) is 5.91 Å². The molecule has 1 aliphatic carbocycles. The van der Waals surface area contributed by atoms with Gasteiger partial charge in [-0.2, -0.15) is 5.26 Å². The molecular weight excluding hydrogens is 322 g/mol. The van der Waals surface area contributed by atoms with Gasteiger partial charge < -0.3 is 10.2 Å². The minimum Gasteiger partial charge on any atom is -0.378 e. The summed E-state index contributed by atoms with van der Waals surface area (Å²) in [5.74, 6) is 1.02. The van der Waals surface area contributed by atoms with Crippen molar-refractivity contribution in [1.29, 1.82) is 5.26 Å². The van der Waals surface area contributed by atoms with Crippen LogP contribution in [-0.2, 0) is 4.79 Å². The molecule has 0 saturated heterocycles. The Morgan fingerprint density at radius 1 is 1.15 bits per heavy atom. The van der Waals surface area contributed by atoms with E-state index in [0.29, 0.717) is 17.4 Å². The number of hydrogen-bond acceptors (Lipinski definition) is 3. The number of nitrogens with one attached hydrogen (secondary N) is 1. The fourth-order valence-electron chi connectivity index (χ4n) is 4.33. The average Bonchev–Trinajstić information content (AvgIpc) is 3.48. The molecule has 26 heavy (non-hydrogen) atoms. The number of hydrogen-bond donors (Lipinski definition) is 1. The van der Waals surface area contributed by atoms with Crippen molar-refractivity contribution >= 4 is 17.3 Å². The van der Waals surface area contributed by atoms with Crippen LogP contribution in [0.3, 0.4) is 0 Å². The highest BCUT2D eigenvalue weighted by atomic mass is 16.2. The first-order valence-corrected chi connectivity index (χ1v) is 9.25. The molecule has 2 aliphatic rings. The normalized spacial score (nSPS) is 24.5. The van der Waals surface area contributed by atoms with Crippen LogP contribution in [0.5, 0.6) is 0 Å². The number of amides is 1. The molecule has 0 radical (unpaired) electrons. The molecule has 1 fully saturated rings. The van der Waals surface area contributed by atoms with Gasteiger partial charge in [0, 0.05) is 30.3 Å². The lowest BCUT2D eigenvalue weighted by Gasteiger charge is -2.46.